The highest BCUT2D eigenvalue weighted by Crippen LogP contribution is 2.23. The summed E-state index contributed by atoms with van der Waals surface area (Å²) in [6, 6.07) is 18.1. The summed E-state index contributed by atoms with van der Waals surface area (Å²) < 4.78 is 10.4. The molecule has 26 heavy (non-hydrogen) atoms. The standard InChI is InChI=1S/C21H20ClNO2S/c1-24-21(25-2)14-26-20-12-11-17-10-8-15(13-19(17)23-20)7-9-16-5-3-4-6-18(16)22/h3-13,21H,14H2,1-2H3/b9-7+. The van der Waals surface area contributed by atoms with Gasteiger partial charge < -0.3 is 9.47 Å². The monoisotopic (exact) mass is 385 g/mol. The van der Waals surface area contributed by atoms with E-state index in [2.05, 4.69) is 24.3 Å². The molecular weight excluding hydrogens is 366 g/mol. The molecule has 5 heteroatoms. The lowest BCUT2D eigenvalue weighted by molar-refractivity contribution is -0.0842. The van der Waals surface area contributed by atoms with Gasteiger partial charge in [-0.3, -0.25) is 0 Å². The summed E-state index contributed by atoms with van der Waals surface area (Å²) in [5.74, 6) is 0.692. The van der Waals surface area contributed by atoms with Crippen LogP contribution in [0.25, 0.3) is 23.1 Å². The van der Waals surface area contributed by atoms with Gasteiger partial charge in [0.2, 0.25) is 0 Å². The Labute approximate surface area is 163 Å². The van der Waals surface area contributed by atoms with E-state index in [1.54, 1.807) is 26.0 Å². The second-order valence-electron chi connectivity index (χ2n) is 5.67. The maximum absolute atomic E-state index is 6.20. The smallest absolute Gasteiger partial charge is 0.166 e. The van der Waals surface area contributed by atoms with Gasteiger partial charge in [-0.2, -0.15) is 0 Å². The van der Waals surface area contributed by atoms with Gasteiger partial charge in [0, 0.05) is 24.6 Å². The number of rotatable bonds is 7. The van der Waals surface area contributed by atoms with Crippen LogP contribution in [0.15, 0.2) is 59.6 Å². The molecule has 0 aliphatic carbocycles. The lowest BCUT2D eigenvalue weighted by Gasteiger charge is -2.12. The quantitative estimate of drug-likeness (QED) is 0.293. The number of nitrogens with zero attached hydrogens (tertiary/aromatic N) is 1. The number of benzene rings is 2. The molecule has 2 aromatic carbocycles. The van der Waals surface area contributed by atoms with E-state index in [-0.39, 0.29) is 6.29 Å². The summed E-state index contributed by atoms with van der Waals surface area (Å²) >= 11 is 7.82. The predicted octanol–water partition coefficient (Wildman–Crippen LogP) is 5.77. The fraction of sp³-hybridized carbons (Fsp3) is 0.190. The number of methoxy groups -OCH3 is 2. The van der Waals surface area contributed by atoms with E-state index < -0.39 is 0 Å². The first kappa shape index (κ1) is 18.9. The van der Waals surface area contributed by atoms with Gasteiger partial charge in [0.25, 0.3) is 0 Å². The second-order valence-corrected chi connectivity index (χ2v) is 7.12. The van der Waals surface area contributed by atoms with Crippen LogP contribution in [0.3, 0.4) is 0 Å². The average molecular weight is 386 g/mol. The Morgan fingerprint density at radius 3 is 2.58 bits per heavy atom. The number of aromatic nitrogens is 1. The van der Waals surface area contributed by atoms with Crippen LogP contribution in [0, 0.1) is 0 Å². The Morgan fingerprint density at radius 2 is 1.81 bits per heavy atom. The number of hydrogen-bond acceptors (Lipinski definition) is 4. The van der Waals surface area contributed by atoms with Crippen LogP contribution in [0.2, 0.25) is 5.02 Å². The highest BCUT2D eigenvalue weighted by Gasteiger charge is 2.07. The normalized spacial score (nSPS) is 11.7. The first-order chi connectivity index (χ1) is 12.7. The maximum Gasteiger partial charge on any atom is 0.166 e. The largest absolute Gasteiger partial charge is 0.355 e. The molecule has 1 aromatic heterocycles. The number of hydrogen-bond donors (Lipinski definition) is 0. The molecule has 1 heterocycles. The van der Waals surface area contributed by atoms with Crippen molar-refractivity contribution in [2.75, 3.05) is 20.0 Å². The van der Waals surface area contributed by atoms with E-state index in [1.165, 1.54) is 0 Å². The van der Waals surface area contributed by atoms with E-state index in [0.717, 1.165) is 32.1 Å². The minimum absolute atomic E-state index is 0.234. The zero-order valence-electron chi connectivity index (χ0n) is 14.7. The van der Waals surface area contributed by atoms with Crippen molar-refractivity contribution in [2.45, 2.75) is 11.3 Å². The SMILES string of the molecule is COC(CSc1ccc2ccc(/C=C/c3ccccc3Cl)cc2n1)OC. The molecule has 3 rings (SSSR count). The van der Waals surface area contributed by atoms with Crippen LogP contribution >= 0.6 is 23.4 Å². The first-order valence-electron chi connectivity index (χ1n) is 8.21. The molecular formula is C21H20ClNO2S. The summed E-state index contributed by atoms with van der Waals surface area (Å²) in [6.45, 7) is 0. The van der Waals surface area contributed by atoms with Crippen molar-refractivity contribution < 1.29 is 9.47 Å². The maximum atomic E-state index is 6.20. The molecule has 3 nitrogen and oxygen atoms in total. The third-order valence-electron chi connectivity index (χ3n) is 3.94. The van der Waals surface area contributed by atoms with Gasteiger partial charge in [-0.15, -0.1) is 11.8 Å². The Balaban J connectivity index is 1.79. The topological polar surface area (TPSA) is 31.4 Å². The molecule has 0 fully saturated rings. The molecule has 3 aromatic rings. The highest BCUT2D eigenvalue weighted by molar-refractivity contribution is 7.99. The van der Waals surface area contributed by atoms with Gasteiger partial charge in [0.05, 0.1) is 16.3 Å². The molecule has 0 aliphatic rings. The third-order valence-corrected chi connectivity index (χ3v) is 5.25. The van der Waals surface area contributed by atoms with Crippen LogP contribution in [0.4, 0.5) is 0 Å². The van der Waals surface area contributed by atoms with Gasteiger partial charge >= 0.3 is 0 Å². The van der Waals surface area contributed by atoms with Crippen molar-refractivity contribution >= 4 is 46.4 Å². The number of fused-ring (bicyclic) bond motifs is 1. The molecule has 0 atom stereocenters. The average Bonchev–Trinajstić information content (AvgIpc) is 2.68. The van der Waals surface area contributed by atoms with E-state index in [0.29, 0.717) is 5.75 Å². The Hall–Kier alpha value is -1.85. The molecule has 0 unspecified atom stereocenters. The van der Waals surface area contributed by atoms with Crippen LogP contribution in [-0.4, -0.2) is 31.2 Å². The van der Waals surface area contributed by atoms with Crippen molar-refractivity contribution in [2.24, 2.45) is 0 Å². The van der Waals surface area contributed by atoms with Gasteiger partial charge in [-0.1, -0.05) is 60.2 Å². The van der Waals surface area contributed by atoms with Gasteiger partial charge in [-0.05, 0) is 29.3 Å². The number of ether oxygens (including phenoxy) is 2. The van der Waals surface area contributed by atoms with Crippen molar-refractivity contribution in [1.29, 1.82) is 0 Å². The molecule has 0 N–H and O–H groups in total. The third kappa shape index (κ3) is 4.86. The van der Waals surface area contributed by atoms with Crippen molar-refractivity contribution in [3.8, 4) is 0 Å². The minimum Gasteiger partial charge on any atom is -0.355 e. The van der Waals surface area contributed by atoms with Gasteiger partial charge in [0.1, 0.15) is 0 Å². The van der Waals surface area contributed by atoms with E-state index in [9.17, 15) is 0 Å². The summed E-state index contributed by atoms with van der Waals surface area (Å²) in [6.07, 6.45) is 3.83. The van der Waals surface area contributed by atoms with Crippen LogP contribution < -0.4 is 0 Å². The molecule has 0 spiro atoms. The van der Waals surface area contributed by atoms with Crippen LogP contribution in [-0.2, 0) is 9.47 Å². The van der Waals surface area contributed by atoms with Crippen LogP contribution in [0.5, 0.6) is 0 Å². The zero-order valence-corrected chi connectivity index (χ0v) is 16.3. The molecule has 0 saturated carbocycles. The highest BCUT2D eigenvalue weighted by atomic mass is 35.5. The van der Waals surface area contributed by atoms with Gasteiger partial charge in [-0.25, -0.2) is 4.98 Å². The molecule has 0 amide bonds. The lowest BCUT2D eigenvalue weighted by atomic mass is 10.1. The predicted molar refractivity (Wildman–Crippen MR) is 111 cm³/mol. The fourth-order valence-electron chi connectivity index (χ4n) is 2.48. The van der Waals surface area contributed by atoms with E-state index in [4.69, 9.17) is 26.1 Å². The fourth-order valence-corrected chi connectivity index (χ4v) is 3.59. The summed E-state index contributed by atoms with van der Waals surface area (Å²) in [4.78, 5) is 4.74. The number of thioether (sulfide) groups is 1. The number of halogens is 1. The Kier molecular flexibility index (Phi) is 6.69. The van der Waals surface area contributed by atoms with Gasteiger partial charge in [0.15, 0.2) is 6.29 Å². The first-order valence-corrected chi connectivity index (χ1v) is 9.58. The lowest BCUT2D eigenvalue weighted by Crippen LogP contribution is -2.15. The van der Waals surface area contributed by atoms with Crippen molar-refractivity contribution in [3.63, 3.8) is 0 Å². The second kappa shape index (κ2) is 9.19. The molecule has 0 saturated heterocycles. The van der Waals surface area contributed by atoms with Crippen molar-refractivity contribution in [1.82, 2.24) is 4.98 Å². The summed E-state index contributed by atoms with van der Waals surface area (Å²) in [7, 11) is 3.28. The number of pyridine rings is 1. The zero-order chi connectivity index (χ0) is 18.4. The minimum atomic E-state index is -0.234. The summed E-state index contributed by atoms with van der Waals surface area (Å²) in [5, 5.41) is 2.80. The van der Waals surface area contributed by atoms with E-state index in [1.807, 2.05) is 42.5 Å². The summed E-state index contributed by atoms with van der Waals surface area (Å²) in [5.41, 5.74) is 3.04. The molecule has 0 aliphatic heterocycles. The van der Waals surface area contributed by atoms with Crippen LogP contribution in [0.1, 0.15) is 11.1 Å². The molecule has 0 bridgehead atoms. The Bertz CT molecular complexity index is 909. The van der Waals surface area contributed by atoms with Crippen molar-refractivity contribution in [3.05, 3.63) is 70.7 Å². The van der Waals surface area contributed by atoms with E-state index >= 15 is 0 Å². The molecule has 134 valence electrons. The Morgan fingerprint density at radius 1 is 1.04 bits per heavy atom. The molecule has 0 radical (unpaired) electrons.